The lowest BCUT2D eigenvalue weighted by Crippen LogP contribution is -2.28. The third-order valence-electron chi connectivity index (χ3n) is 3.29. The van der Waals surface area contributed by atoms with Crippen LogP contribution in [0.25, 0.3) is 0 Å². The van der Waals surface area contributed by atoms with Gasteiger partial charge in [-0.1, -0.05) is 0 Å². The molecule has 112 valence electrons. The van der Waals surface area contributed by atoms with E-state index in [1.54, 1.807) is 24.5 Å². The Balaban J connectivity index is 2.23. The molecule has 0 spiro atoms. The molecule has 7 nitrogen and oxygen atoms in total. The van der Waals surface area contributed by atoms with E-state index in [1.165, 1.54) is 4.68 Å². The van der Waals surface area contributed by atoms with Crippen LogP contribution in [0.1, 0.15) is 19.4 Å². The molecule has 0 unspecified atom stereocenters. The molecule has 0 bridgehead atoms. The summed E-state index contributed by atoms with van der Waals surface area (Å²) in [5.74, 6) is 5.88. The van der Waals surface area contributed by atoms with Crippen molar-refractivity contribution in [2.24, 2.45) is 5.84 Å². The predicted molar refractivity (Wildman–Crippen MR) is 83.2 cm³/mol. The van der Waals surface area contributed by atoms with Crippen molar-refractivity contribution in [1.29, 1.82) is 0 Å². The van der Waals surface area contributed by atoms with Gasteiger partial charge < -0.3 is 10.3 Å². The summed E-state index contributed by atoms with van der Waals surface area (Å²) in [6.45, 7) is 6.17. The Kier molecular flexibility index (Phi) is 4.89. The zero-order chi connectivity index (χ0) is 15.2. The van der Waals surface area contributed by atoms with Crippen LogP contribution in [-0.2, 0) is 6.54 Å². The summed E-state index contributed by atoms with van der Waals surface area (Å²) in [4.78, 5) is 18.3. The number of hydrogen-bond acceptors (Lipinski definition) is 6. The molecule has 2 heterocycles. The van der Waals surface area contributed by atoms with Gasteiger partial charge in [0, 0.05) is 25.4 Å². The molecule has 0 aliphatic heterocycles. The van der Waals surface area contributed by atoms with Crippen molar-refractivity contribution in [3.8, 4) is 0 Å². The van der Waals surface area contributed by atoms with Crippen molar-refractivity contribution in [3.05, 3.63) is 46.5 Å². The number of aromatic nitrogens is 3. The van der Waals surface area contributed by atoms with E-state index in [4.69, 9.17) is 5.84 Å². The molecule has 0 saturated carbocycles. The van der Waals surface area contributed by atoms with Crippen LogP contribution in [0.4, 0.5) is 11.5 Å². The Bertz CT molecular complexity index is 650. The normalized spacial score (nSPS) is 10.4. The Morgan fingerprint density at radius 3 is 2.71 bits per heavy atom. The molecule has 0 saturated heterocycles. The van der Waals surface area contributed by atoms with Gasteiger partial charge in [-0.05, 0) is 31.5 Å². The summed E-state index contributed by atoms with van der Waals surface area (Å²) in [5, 5.41) is 4.24. The first-order chi connectivity index (χ1) is 10.2. The molecule has 2 rings (SSSR count). The molecule has 0 aromatic carbocycles. The Hall–Kier alpha value is -2.41. The monoisotopic (exact) mass is 288 g/mol. The zero-order valence-electron chi connectivity index (χ0n) is 12.3. The third kappa shape index (κ3) is 3.57. The SMILES string of the molecule is CCN(CC)c1cnn(Cc2ccnc(NN)c2)c(=O)c1. The topological polar surface area (TPSA) is 89.1 Å². The number of nitrogens with one attached hydrogen (secondary N) is 1. The van der Waals surface area contributed by atoms with Crippen molar-refractivity contribution in [2.75, 3.05) is 23.4 Å². The highest BCUT2D eigenvalue weighted by Gasteiger charge is 2.06. The van der Waals surface area contributed by atoms with Gasteiger partial charge in [0.15, 0.2) is 0 Å². The lowest BCUT2D eigenvalue weighted by molar-refractivity contribution is 0.636. The van der Waals surface area contributed by atoms with Gasteiger partial charge in [0.2, 0.25) is 0 Å². The Morgan fingerprint density at radius 2 is 2.10 bits per heavy atom. The van der Waals surface area contributed by atoms with E-state index < -0.39 is 0 Å². The molecule has 0 radical (unpaired) electrons. The van der Waals surface area contributed by atoms with E-state index in [1.807, 2.05) is 19.9 Å². The highest BCUT2D eigenvalue weighted by molar-refractivity contribution is 5.42. The minimum Gasteiger partial charge on any atom is -0.371 e. The number of pyridine rings is 1. The number of nitrogens with zero attached hydrogens (tertiary/aromatic N) is 4. The molecule has 0 amide bonds. The fraction of sp³-hybridized carbons (Fsp3) is 0.357. The van der Waals surface area contributed by atoms with Crippen molar-refractivity contribution in [2.45, 2.75) is 20.4 Å². The van der Waals surface area contributed by atoms with Gasteiger partial charge in [0.1, 0.15) is 5.82 Å². The van der Waals surface area contributed by atoms with E-state index in [-0.39, 0.29) is 5.56 Å². The fourth-order valence-corrected chi connectivity index (χ4v) is 2.13. The Morgan fingerprint density at radius 1 is 1.33 bits per heavy atom. The third-order valence-corrected chi connectivity index (χ3v) is 3.29. The standard InChI is InChI=1S/C14H20N6O/c1-3-19(4-2)12-8-14(21)20(17-9-12)10-11-5-6-16-13(7-11)18-15/h5-9H,3-4,10,15H2,1-2H3,(H,16,18). The largest absolute Gasteiger partial charge is 0.371 e. The van der Waals surface area contributed by atoms with Gasteiger partial charge in [-0.15, -0.1) is 0 Å². The number of hydrazine groups is 1. The van der Waals surface area contributed by atoms with Crippen LogP contribution in [0.5, 0.6) is 0 Å². The molecule has 7 heteroatoms. The van der Waals surface area contributed by atoms with Crippen LogP contribution < -0.4 is 21.7 Å². The first-order valence-corrected chi connectivity index (χ1v) is 6.91. The van der Waals surface area contributed by atoms with Crippen LogP contribution in [0, 0.1) is 0 Å². The van der Waals surface area contributed by atoms with Gasteiger partial charge in [0.05, 0.1) is 18.4 Å². The molecule has 0 aliphatic rings. The maximum atomic E-state index is 12.2. The number of hydrogen-bond donors (Lipinski definition) is 2. The van der Waals surface area contributed by atoms with E-state index in [0.717, 1.165) is 24.3 Å². The minimum absolute atomic E-state index is 0.126. The van der Waals surface area contributed by atoms with E-state index in [9.17, 15) is 4.79 Å². The highest BCUT2D eigenvalue weighted by Crippen LogP contribution is 2.10. The molecular formula is C14H20N6O. The second kappa shape index (κ2) is 6.85. The highest BCUT2D eigenvalue weighted by atomic mass is 16.1. The summed E-state index contributed by atoms with van der Waals surface area (Å²) in [5.41, 5.74) is 4.11. The average Bonchev–Trinajstić information content (AvgIpc) is 2.51. The molecule has 21 heavy (non-hydrogen) atoms. The van der Waals surface area contributed by atoms with E-state index >= 15 is 0 Å². The molecule has 2 aromatic heterocycles. The summed E-state index contributed by atoms with van der Waals surface area (Å²) in [6.07, 6.45) is 3.36. The number of anilines is 2. The fourth-order valence-electron chi connectivity index (χ4n) is 2.13. The average molecular weight is 288 g/mol. The Labute approximate surface area is 123 Å². The van der Waals surface area contributed by atoms with Crippen LogP contribution in [-0.4, -0.2) is 27.9 Å². The number of nitrogens with two attached hydrogens (primary N) is 1. The molecule has 0 atom stereocenters. The summed E-state index contributed by atoms with van der Waals surface area (Å²) >= 11 is 0. The zero-order valence-corrected chi connectivity index (χ0v) is 12.3. The van der Waals surface area contributed by atoms with Crippen molar-refractivity contribution < 1.29 is 0 Å². The first kappa shape index (κ1) is 15.0. The number of nitrogen functional groups attached to an aromatic ring is 1. The second-order valence-electron chi connectivity index (χ2n) is 4.58. The van der Waals surface area contributed by atoms with E-state index in [0.29, 0.717) is 12.4 Å². The first-order valence-electron chi connectivity index (χ1n) is 6.91. The van der Waals surface area contributed by atoms with Crippen LogP contribution in [0.3, 0.4) is 0 Å². The lowest BCUT2D eigenvalue weighted by Gasteiger charge is -2.20. The van der Waals surface area contributed by atoms with Gasteiger partial charge >= 0.3 is 0 Å². The predicted octanol–water partition coefficient (Wildman–Crippen LogP) is 0.818. The summed E-state index contributed by atoms with van der Waals surface area (Å²) in [7, 11) is 0. The lowest BCUT2D eigenvalue weighted by atomic mass is 10.2. The quantitative estimate of drug-likeness (QED) is 0.604. The van der Waals surface area contributed by atoms with Gasteiger partial charge in [-0.25, -0.2) is 15.5 Å². The van der Waals surface area contributed by atoms with Crippen LogP contribution in [0.15, 0.2) is 35.4 Å². The molecule has 3 N–H and O–H groups in total. The van der Waals surface area contributed by atoms with Crippen molar-refractivity contribution in [1.82, 2.24) is 14.8 Å². The maximum absolute atomic E-state index is 12.2. The van der Waals surface area contributed by atoms with Gasteiger partial charge in [-0.2, -0.15) is 5.10 Å². The van der Waals surface area contributed by atoms with Crippen LogP contribution in [0.2, 0.25) is 0 Å². The minimum atomic E-state index is -0.126. The summed E-state index contributed by atoms with van der Waals surface area (Å²) in [6, 6.07) is 5.23. The van der Waals surface area contributed by atoms with Gasteiger partial charge in [-0.3, -0.25) is 4.79 Å². The molecule has 0 aliphatic carbocycles. The van der Waals surface area contributed by atoms with Crippen LogP contribution >= 0.6 is 0 Å². The molecular weight excluding hydrogens is 268 g/mol. The second-order valence-corrected chi connectivity index (χ2v) is 4.58. The van der Waals surface area contributed by atoms with E-state index in [2.05, 4.69) is 20.4 Å². The van der Waals surface area contributed by atoms with Crippen molar-refractivity contribution >= 4 is 11.5 Å². The summed E-state index contributed by atoms with van der Waals surface area (Å²) < 4.78 is 1.42. The molecule has 0 fully saturated rings. The number of rotatable bonds is 6. The van der Waals surface area contributed by atoms with Gasteiger partial charge in [0.25, 0.3) is 5.56 Å². The molecule has 2 aromatic rings. The van der Waals surface area contributed by atoms with Crippen molar-refractivity contribution in [3.63, 3.8) is 0 Å². The smallest absolute Gasteiger partial charge is 0.269 e. The maximum Gasteiger partial charge on any atom is 0.269 e.